The lowest BCUT2D eigenvalue weighted by Crippen LogP contribution is -2.30. The monoisotopic (exact) mass is 348 g/mol. The zero-order chi connectivity index (χ0) is 16.6. The number of halogens is 1. The number of aromatic nitrogens is 2. The molecule has 118 valence electrons. The van der Waals surface area contributed by atoms with Gasteiger partial charge in [-0.1, -0.05) is 41.9 Å². The lowest BCUT2D eigenvalue weighted by atomic mass is 10.0. The molecule has 0 spiro atoms. The minimum Gasteiger partial charge on any atom is -0.266 e. The SMILES string of the molecule is CS(=O)(=O)n1nc(Cc2ccc(Cl)cc2)c2ccccc2c1=O. The first-order chi connectivity index (χ1) is 10.9. The summed E-state index contributed by atoms with van der Waals surface area (Å²) in [5, 5.41) is 5.67. The third-order valence-corrected chi connectivity index (χ3v) is 4.58. The largest absolute Gasteiger partial charge is 0.289 e. The first-order valence-corrected chi connectivity index (χ1v) is 9.05. The van der Waals surface area contributed by atoms with Gasteiger partial charge >= 0.3 is 0 Å². The standard InChI is InChI=1S/C16H13ClN2O3S/c1-23(21,22)19-16(20)14-5-3-2-4-13(14)15(18-19)10-11-6-8-12(17)9-7-11/h2-9H,10H2,1H3. The summed E-state index contributed by atoms with van der Waals surface area (Å²) in [5.41, 5.74) is 0.807. The summed E-state index contributed by atoms with van der Waals surface area (Å²) in [5.74, 6) is 0. The molecule has 0 aliphatic rings. The van der Waals surface area contributed by atoms with Crippen molar-refractivity contribution in [2.45, 2.75) is 6.42 Å². The summed E-state index contributed by atoms with van der Waals surface area (Å²) in [4.78, 5) is 12.3. The van der Waals surface area contributed by atoms with E-state index in [1.807, 2.05) is 12.1 Å². The molecule has 3 rings (SSSR count). The van der Waals surface area contributed by atoms with E-state index in [-0.39, 0.29) is 0 Å². The molecule has 7 heteroatoms. The fourth-order valence-electron chi connectivity index (χ4n) is 2.38. The van der Waals surface area contributed by atoms with E-state index in [1.54, 1.807) is 36.4 Å². The Kier molecular flexibility index (Phi) is 3.95. The highest BCUT2D eigenvalue weighted by atomic mass is 35.5. The summed E-state index contributed by atoms with van der Waals surface area (Å²) in [6.07, 6.45) is 1.36. The third kappa shape index (κ3) is 3.13. The number of nitrogens with zero attached hydrogens (tertiary/aromatic N) is 2. The van der Waals surface area contributed by atoms with Gasteiger partial charge in [-0.3, -0.25) is 4.79 Å². The smallest absolute Gasteiger partial charge is 0.266 e. The van der Waals surface area contributed by atoms with Crippen molar-refractivity contribution in [3.8, 4) is 0 Å². The lowest BCUT2D eigenvalue weighted by molar-refractivity contribution is 0.581. The maximum absolute atomic E-state index is 12.3. The molecular weight excluding hydrogens is 336 g/mol. The molecule has 0 radical (unpaired) electrons. The van der Waals surface area contributed by atoms with Crippen molar-refractivity contribution in [2.75, 3.05) is 6.26 Å². The van der Waals surface area contributed by atoms with Gasteiger partial charge in [0.15, 0.2) is 0 Å². The highest BCUT2D eigenvalue weighted by Crippen LogP contribution is 2.18. The van der Waals surface area contributed by atoms with Crippen LogP contribution in [0.4, 0.5) is 0 Å². The van der Waals surface area contributed by atoms with Gasteiger partial charge < -0.3 is 0 Å². The van der Waals surface area contributed by atoms with Crippen LogP contribution in [0.5, 0.6) is 0 Å². The number of benzene rings is 2. The van der Waals surface area contributed by atoms with Crippen LogP contribution in [0.2, 0.25) is 5.02 Å². The van der Waals surface area contributed by atoms with Crippen LogP contribution in [-0.4, -0.2) is 23.9 Å². The van der Waals surface area contributed by atoms with Crippen molar-refractivity contribution in [1.29, 1.82) is 0 Å². The maximum Gasteiger partial charge on any atom is 0.289 e. The fourth-order valence-corrected chi connectivity index (χ4v) is 3.16. The summed E-state index contributed by atoms with van der Waals surface area (Å²) in [6.45, 7) is 0. The van der Waals surface area contributed by atoms with E-state index < -0.39 is 15.6 Å². The molecule has 5 nitrogen and oxygen atoms in total. The third-order valence-electron chi connectivity index (χ3n) is 3.45. The Morgan fingerprint density at radius 2 is 1.65 bits per heavy atom. The van der Waals surface area contributed by atoms with E-state index in [2.05, 4.69) is 5.10 Å². The highest BCUT2D eigenvalue weighted by Gasteiger charge is 2.16. The van der Waals surface area contributed by atoms with Gasteiger partial charge in [0.05, 0.1) is 17.3 Å². The summed E-state index contributed by atoms with van der Waals surface area (Å²) in [7, 11) is -3.77. The zero-order valence-electron chi connectivity index (χ0n) is 12.2. The molecule has 0 N–H and O–H groups in total. The van der Waals surface area contributed by atoms with Crippen molar-refractivity contribution in [1.82, 2.24) is 9.19 Å². The maximum atomic E-state index is 12.3. The van der Waals surface area contributed by atoms with E-state index in [0.29, 0.717) is 32.0 Å². The van der Waals surface area contributed by atoms with Crippen molar-refractivity contribution < 1.29 is 8.42 Å². The number of rotatable bonds is 3. The van der Waals surface area contributed by atoms with Crippen molar-refractivity contribution in [2.24, 2.45) is 0 Å². The second-order valence-corrected chi connectivity index (χ2v) is 7.45. The summed E-state index contributed by atoms with van der Waals surface area (Å²) < 4.78 is 24.2. The average Bonchev–Trinajstić information content (AvgIpc) is 2.51. The van der Waals surface area contributed by atoms with Crippen LogP contribution in [0.15, 0.2) is 53.3 Å². The molecule has 23 heavy (non-hydrogen) atoms. The predicted octanol–water partition coefficient (Wildman–Crippen LogP) is 2.45. The molecular formula is C16H13ClN2O3S. The molecule has 0 unspecified atom stereocenters. The first kappa shape index (κ1) is 15.7. The zero-order valence-corrected chi connectivity index (χ0v) is 13.8. The van der Waals surface area contributed by atoms with Gasteiger partial charge in [-0.25, -0.2) is 8.42 Å². The molecule has 1 heterocycles. The molecule has 0 bridgehead atoms. The Bertz CT molecular complexity index is 1040. The molecule has 3 aromatic rings. The van der Waals surface area contributed by atoms with Crippen LogP contribution in [0.1, 0.15) is 11.3 Å². The average molecular weight is 349 g/mol. The molecule has 0 atom stereocenters. The molecule has 2 aromatic carbocycles. The van der Waals surface area contributed by atoms with Crippen LogP contribution in [0.3, 0.4) is 0 Å². The highest BCUT2D eigenvalue weighted by molar-refractivity contribution is 7.89. The van der Waals surface area contributed by atoms with Crippen molar-refractivity contribution >= 4 is 32.4 Å². The Hall–Kier alpha value is -2.18. The second kappa shape index (κ2) is 5.79. The van der Waals surface area contributed by atoms with Crippen LogP contribution >= 0.6 is 11.6 Å². The molecule has 0 saturated heterocycles. The van der Waals surface area contributed by atoms with Gasteiger partial charge in [0.1, 0.15) is 0 Å². The van der Waals surface area contributed by atoms with Gasteiger partial charge in [-0.05, 0) is 23.8 Å². The van der Waals surface area contributed by atoms with Gasteiger partial charge in [0.2, 0.25) is 0 Å². The minimum absolute atomic E-state index is 0.330. The Labute approximate surface area is 138 Å². The molecule has 0 aliphatic heterocycles. The fraction of sp³-hybridized carbons (Fsp3) is 0.125. The van der Waals surface area contributed by atoms with Crippen LogP contribution in [-0.2, 0) is 16.4 Å². The summed E-state index contributed by atoms with van der Waals surface area (Å²) in [6, 6.07) is 14.1. The predicted molar refractivity (Wildman–Crippen MR) is 90.5 cm³/mol. The topological polar surface area (TPSA) is 69.0 Å². The van der Waals surface area contributed by atoms with Gasteiger partial charge in [0.25, 0.3) is 15.6 Å². The molecule has 0 fully saturated rings. The molecule has 0 amide bonds. The molecule has 1 aromatic heterocycles. The van der Waals surface area contributed by atoms with E-state index >= 15 is 0 Å². The second-order valence-electron chi connectivity index (χ2n) is 5.21. The van der Waals surface area contributed by atoms with Gasteiger partial charge in [0, 0.05) is 16.8 Å². The number of fused-ring (bicyclic) bond motifs is 1. The molecule has 0 saturated carbocycles. The number of hydrogen-bond acceptors (Lipinski definition) is 4. The van der Waals surface area contributed by atoms with E-state index in [9.17, 15) is 13.2 Å². The normalized spacial score (nSPS) is 11.7. The van der Waals surface area contributed by atoms with Gasteiger partial charge in [-0.15, -0.1) is 4.09 Å². The number of hydrogen-bond donors (Lipinski definition) is 0. The van der Waals surface area contributed by atoms with E-state index in [0.717, 1.165) is 11.8 Å². The lowest BCUT2D eigenvalue weighted by Gasteiger charge is -2.09. The Morgan fingerprint density at radius 3 is 2.26 bits per heavy atom. The van der Waals surface area contributed by atoms with Crippen LogP contribution in [0, 0.1) is 0 Å². The summed E-state index contributed by atoms with van der Waals surface area (Å²) >= 11 is 5.88. The minimum atomic E-state index is -3.77. The van der Waals surface area contributed by atoms with Gasteiger partial charge in [-0.2, -0.15) is 5.10 Å². The van der Waals surface area contributed by atoms with Crippen LogP contribution in [0.25, 0.3) is 10.8 Å². The van der Waals surface area contributed by atoms with Crippen molar-refractivity contribution in [3.63, 3.8) is 0 Å². The van der Waals surface area contributed by atoms with Crippen molar-refractivity contribution in [3.05, 3.63) is 75.2 Å². The van der Waals surface area contributed by atoms with E-state index in [4.69, 9.17) is 11.6 Å². The van der Waals surface area contributed by atoms with Crippen LogP contribution < -0.4 is 5.56 Å². The Morgan fingerprint density at radius 1 is 1.04 bits per heavy atom. The van der Waals surface area contributed by atoms with E-state index in [1.165, 1.54) is 0 Å². The molecule has 0 aliphatic carbocycles. The first-order valence-electron chi connectivity index (χ1n) is 6.82. The quantitative estimate of drug-likeness (QED) is 0.729. The Balaban J connectivity index is 2.25.